The molecule has 0 aromatic rings. The van der Waals surface area contributed by atoms with Crippen LogP contribution in [-0.2, 0) is 20.9 Å². The van der Waals surface area contributed by atoms with Crippen LogP contribution in [0.15, 0.2) is 41.0 Å². The van der Waals surface area contributed by atoms with E-state index in [1.54, 1.807) is 11.1 Å². The molecule has 0 N–H and O–H groups in total. The van der Waals surface area contributed by atoms with Crippen LogP contribution in [0.5, 0.6) is 0 Å². The van der Waals surface area contributed by atoms with Crippen LogP contribution >= 0.6 is 24.8 Å². The van der Waals surface area contributed by atoms with Crippen LogP contribution in [0, 0.1) is 0 Å². The molecule has 0 aromatic carbocycles. The van der Waals surface area contributed by atoms with Crippen molar-refractivity contribution in [3.05, 3.63) is 41.0 Å². The van der Waals surface area contributed by atoms with Crippen LogP contribution in [0.1, 0.15) is 77.0 Å². The second-order valence-electron chi connectivity index (χ2n) is 8.64. The van der Waals surface area contributed by atoms with Crippen molar-refractivity contribution in [2.75, 3.05) is 0 Å². The predicted octanol–water partition coefficient (Wildman–Crippen LogP) is 7.53. The number of rotatable bonds is 3. The molecular formula is C22H35Cl2SiZr. The minimum absolute atomic E-state index is 0. The van der Waals surface area contributed by atoms with Crippen molar-refractivity contribution in [2.45, 2.75) is 90.1 Å². The van der Waals surface area contributed by atoms with Gasteiger partial charge in [-0.15, -0.1) is 24.8 Å². The Morgan fingerprint density at radius 2 is 1.08 bits per heavy atom. The molecule has 0 spiro atoms. The maximum atomic E-state index is 2.76. The van der Waals surface area contributed by atoms with Crippen molar-refractivity contribution >= 4 is 30.7 Å². The molecule has 0 heterocycles. The third-order valence-corrected chi connectivity index (χ3v) is 25.6. The fraction of sp³-hybridized carbons (Fsp3) is 0.636. The van der Waals surface area contributed by atoms with Crippen LogP contribution in [0.3, 0.4) is 0 Å². The maximum Gasteiger partial charge on any atom is -0.147 e. The van der Waals surface area contributed by atoms with Crippen LogP contribution in [0.4, 0.5) is 0 Å². The predicted molar refractivity (Wildman–Crippen MR) is 119 cm³/mol. The van der Waals surface area contributed by atoms with Gasteiger partial charge in [0.25, 0.3) is 0 Å². The van der Waals surface area contributed by atoms with E-state index in [-0.39, 0.29) is 24.8 Å². The second kappa shape index (κ2) is 10.4. The third kappa shape index (κ3) is 4.97. The van der Waals surface area contributed by atoms with Crippen LogP contribution < -0.4 is 0 Å². The van der Waals surface area contributed by atoms with Gasteiger partial charge in [0, 0.05) is 0 Å². The molecule has 4 aliphatic carbocycles. The zero-order valence-electron chi connectivity index (χ0n) is 16.5. The van der Waals surface area contributed by atoms with Crippen molar-refractivity contribution in [1.82, 2.24) is 0 Å². The van der Waals surface area contributed by atoms with Gasteiger partial charge in [-0.25, -0.2) is 0 Å². The van der Waals surface area contributed by atoms with E-state index in [0.29, 0.717) is 0 Å². The molecule has 0 fully saturated rings. The van der Waals surface area contributed by atoms with Crippen molar-refractivity contribution in [3.63, 3.8) is 0 Å². The summed E-state index contributed by atoms with van der Waals surface area (Å²) in [6, 6.07) is 0. The van der Waals surface area contributed by atoms with Gasteiger partial charge in [0.1, 0.15) is 0 Å². The summed E-state index contributed by atoms with van der Waals surface area (Å²) in [5.41, 5.74) is 7.32. The van der Waals surface area contributed by atoms with Gasteiger partial charge in [0.2, 0.25) is 0 Å². The number of allylic oxidation sites excluding steroid dienone is 8. The molecule has 0 unspecified atom stereocenters. The van der Waals surface area contributed by atoms with Crippen molar-refractivity contribution < 1.29 is 20.9 Å². The van der Waals surface area contributed by atoms with Gasteiger partial charge in [-0.05, 0) is 0 Å². The Kier molecular flexibility index (Phi) is 9.19. The summed E-state index contributed by atoms with van der Waals surface area (Å²) in [6.45, 7) is 5.34. The molecular weight excluding hydrogens is 454 g/mol. The van der Waals surface area contributed by atoms with E-state index in [9.17, 15) is 0 Å². The van der Waals surface area contributed by atoms with E-state index in [2.05, 4.69) is 25.2 Å². The van der Waals surface area contributed by atoms with Gasteiger partial charge < -0.3 is 0 Å². The summed E-state index contributed by atoms with van der Waals surface area (Å²) in [6.07, 6.45) is 22.7. The van der Waals surface area contributed by atoms with Gasteiger partial charge in [-0.1, -0.05) is 0 Å². The van der Waals surface area contributed by atoms with E-state index in [1.807, 2.05) is 17.7 Å². The number of hydrogen-bond donors (Lipinski definition) is 0. The molecule has 0 radical (unpaired) electrons. The van der Waals surface area contributed by atoms with Crippen LogP contribution in [-0.4, -0.2) is 5.92 Å². The standard InChI is InChI=1S/2C10H13.C2H7Si.2ClH.Zr/c2*1-2-5-9-7-4-8-10(9)6-3-1;1-3-2;;;/h2*7H,1-3,5-6,8H2;3H,1-2H3;2*1H;. The molecule has 4 heteroatoms. The monoisotopic (exact) mass is 487 g/mol. The molecule has 26 heavy (non-hydrogen) atoms. The second-order valence-corrected chi connectivity index (χ2v) is 28.1. The number of hydrogen-bond acceptors (Lipinski definition) is 0. The van der Waals surface area contributed by atoms with Gasteiger partial charge >= 0.3 is 158 Å². The van der Waals surface area contributed by atoms with E-state index in [4.69, 9.17) is 0 Å². The Morgan fingerprint density at radius 3 is 1.50 bits per heavy atom. The molecule has 0 nitrogen and oxygen atoms in total. The molecule has 0 aromatic heterocycles. The van der Waals surface area contributed by atoms with E-state index in [1.165, 1.54) is 77.0 Å². The average molecular weight is 490 g/mol. The zero-order valence-corrected chi connectivity index (χ0v) is 21.8. The quantitative estimate of drug-likeness (QED) is 0.360. The molecule has 4 rings (SSSR count). The summed E-state index contributed by atoms with van der Waals surface area (Å²) in [5.74, 6) is -0.520. The van der Waals surface area contributed by atoms with Crippen LogP contribution in [0.2, 0.25) is 13.1 Å². The first-order valence-electron chi connectivity index (χ1n) is 10.4. The van der Waals surface area contributed by atoms with Gasteiger partial charge in [0.05, 0.1) is 0 Å². The summed E-state index contributed by atoms with van der Waals surface area (Å²) in [7, 11) is 0. The number of halogens is 2. The van der Waals surface area contributed by atoms with Crippen molar-refractivity contribution in [2.24, 2.45) is 0 Å². The van der Waals surface area contributed by atoms with Crippen LogP contribution in [0.25, 0.3) is 0 Å². The molecule has 145 valence electrons. The Morgan fingerprint density at radius 1 is 0.654 bits per heavy atom. The summed E-state index contributed by atoms with van der Waals surface area (Å²) < 4.78 is 4.02. The molecule has 0 saturated heterocycles. The first-order chi connectivity index (χ1) is 11.7. The maximum absolute atomic E-state index is 2.76. The molecule has 0 aliphatic heterocycles. The van der Waals surface area contributed by atoms with Crippen molar-refractivity contribution in [3.8, 4) is 0 Å². The summed E-state index contributed by atoms with van der Waals surface area (Å²) in [4.78, 5) is 0. The first kappa shape index (κ1) is 22.9. The summed E-state index contributed by atoms with van der Waals surface area (Å²) >= 11 is -1.51. The fourth-order valence-corrected chi connectivity index (χ4v) is 24.6. The normalized spacial score (nSPS) is 22.6. The fourth-order valence-electron chi connectivity index (χ4n) is 5.36. The average Bonchev–Trinajstić information content (AvgIpc) is 2.96. The molecule has 0 saturated carbocycles. The van der Waals surface area contributed by atoms with Gasteiger partial charge in [-0.2, -0.15) is 0 Å². The van der Waals surface area contributed by atoms with E-state index < -0.39 is 26.8 Å². The Labute approximate surface area is 181 Å². The Hall–Kier alpha value is 0.640. The van der Waals surface area contributed by atoms with E-state index in [0.717, 1.165) is 0 Å². The minimum Gasteiger partial charge on any atom is -0.147 e. The molecule has 4 aliphatic rings. The molecule has 0 bridgehead atoms. The largest absolute Gasteiger partial charge is 0.147 e. The van der Waals surface area contributed by atoms with Gasteiger partial charge in [-0.3, -0.25) is 0 Å². The SMILES string of the molecule is C[SiH](C)[Zr]([C]1=CC2=C(CCCCC2)C1)[C]1=CC2=C(CCCCC2)C1.Cl.Cl. The Bertz CT molecular complexity index is 591. The molecule has 0 atom stereocenters. The zero-order chi connectivity index (χ0) is 16.5. The molecule has 0 amide bonds. The minimum atomic E-state index is -1.51. The third-order valence-electron chi connectivity index (χ3n) is 6.53. The smallest absolute Gasteiger partial charge is 0.147 e. The summed E-state index contributed by atoms with van der Waals surface area (Å²) in [5, 5.41) is 0. The first-order valence-corrected chi connectivity index (χ1v) is 20.0. The van der Waals surface area contributed by atoms with Gasteiger partial charge in [0.15, 0.2) is 0 Å². The topological polar surface area (TPSA) is 0 Å². The van der Waals surface area contributed by atoms with Crippen molar-refractivity contribution in [1.29, 1.82) is 0 Å². The van der Waals surface area contributed by atoms with E-state index >= 15 is 0 Å². The Balaban J connectivity index is 0.00000121.